The molecule has 1 unspecified atom stereocenters. The van der Waals surface area contributed by atoms with Gasteiger partial charge in [-0.05, 0) is 49.2 Å². The summed E-state index contributed by atoms with van der Waals surface area (Å²) in [7, 11) is 0. The minimum absolute atomic E-state index is 0.214. The molecular formula is C16H18ClNOS. The first kappa shape index (κ1) is 13.9. The third kappa shape index (κ3) is 3.00. The first-order valence-corrected chi connectivity index (χ1v) is 8.03. The van der Waals surface area contributed by atoms with Crippen LogP contribution in [0, 0.1) is 13.8 Å². The Balaban J connectivity index is 1.51. The maximum Gasteiger partial charge on any atom is 0.123 e. The predicted molar refractivity (Wildman–Crippen MR) is 85.1 cm³/mol. The fourth-order valence-electron chi connectivity index (χ4n) is 2.50. The van der Waals surface area contributed by atoms with Gasteiger partial charge in [0.05, 0.1) is 0 Å². The van der Waals surface area contributed by atoms with Crippen LogP contribution in [0.5, 0.6) is 5.75 Å². The molecule has 0 fully saturated rings. The van der Waals surface area contributed by atoms with Crippen LogP contribution in [-0.4, -0.2) is 12.6 Å². The van der Waals surface area contributed by atoms with Crippen molar-refractivity contribution in [1.29, 1.82) is 0 Å². The van der Waals surface area contributed by atoms with E-state index in [0.717, 1.165) is 30.3 Å². The molecule has 1 aromatic heterocycles. The minimum Gasteiger partial charge on any atom is -0.488 e. The summed E-state index contributed by atoms with van der Waals surface area (Å²) < 4.78 is 5.91. The average molecular weight is 308 g/mol. The Morgan fingerprint density at radius 3 is 2.95 bits per heavy atom. The first-order valence-electron chi connectivity index (χ1n) is 6.83. The fraction of sp³-hybridized carbons (Fsp3) is 0.375. The molecule has 1 aliphatic rings. The second kappa shape index (κ2) is 5.76. The summed E-state index contributed by atoms with van der Waals surface area (Å²) in [5.74, 6) is 0.976. The summed E-state index contributed by atoms with van der Waals surface area (Å²) in [4.78, 5) is 2.79. The van der Waals surface area contributed by atoms with Crippen molar-refractivity contribution < 1.29 is 4.74 Å². The monoisotopic (exact) mass is 307 g/mol. The van der Waals surface area contributed by atoms with Gasteiger partial charge in [0, 0.05) is 34.3 Å². The second-order valence-corrected chi connectivity index (χ2v) is 7.06. The molecular weight excluding hydrogens is 290 g/mol. The molecule has 1 atom stereocenters. The Bertz CT molecular complexity index is 603. The predicted octanol–water partition coefficient (Wildman–Crippen LogP) is 4.11. The summed E-state index contributed by atoms with van der Waals surface area (Å²) in [5.41, 5.74) is 2.60. The van der Waals surface area contributed by atoms with Gasteiger partial charge in [0.25, 0.3) is 0 Å². The van der Waals surface area contributed by atoms with Gasteiger partial charge in [-0.25, -0.2) is 0 Å². The van der Waals surface area contributed by atoms with E-state index in [0.29, 0.717) is 0 Å². The van der Waals surface area contributed by atoms with Crippen LogP contribution in [0.2, 0.25) is 5.02 Å². The quantitative estimate of drug-likeness (QED) is 0.917. The Labute approximate surface area is 128 Å². The van der Waals surface area contributed by atoms with Crippen LogP contribution in [0.15, 0.2) is 24.3 Å². The molecule has 20 heavy (non-hydrogen) atoms. The van der Waals surface area contributed by atoms with E-state index in [1.807, 2.05) is 29.5 Å². The molecule has 0 saturated heterocycles. The number of hydrogen-bond donors (Lipinski definition) is 1. The molecule has 1 N–H and O–H groups in total. The average Bonchev–Trinajstić information content (AvgIpc) is 2.93. The number of hydrogen-bond acceptors (Lipinski definition) is 3. The molecule has 1 aliphatic heterocycles. The molecule has 106 valence electrons. The Morgan fingerprint density at radius 1 is 1.35 bits per heavy atom. The molecule has 4 heteroatoms. The second-order valence-electron chi connectivity index (χ2n) is 5.28. The van der Waals surface area contributed by atoms with Crippen molar-refractivity contribution in [3.8, 4) is 5.75 Å². The van der Waals surface area contributed by atoms with Gasteiger partial charge < -0.3 is 10.1 Å². The Kier molecular flexibility index (Phi) is 4.01. The normalized spacial score (nSPS) is 17.1. The van der Waals surface area contributed by atoms with Crippen LogP contribution in [-0.2, 0) is 13.0 Å². The number of thiophene rings is 1. The van der Waals surface area contributed by atoms with Crippen molar-refractivity contribution in [2.45, 2.75) is 32.9 Å². The van der Waals surface area contributed by atoms with Gasteiger partial charge in [-0.15, -0.1) is 11.3 Å². The SMILES string of the molecule is Cc1cc(CNCC2Cc3cc(Cl)ccc3O2)sc1C. The zero-order valence-corrected chi connectivity index (χ0v) is 13.3. The number of rotatable bonds is 4. The van der Waals surface area contributed by atoms with Gasteiger partial charge in [-0.1, -0.05) is 11.6 Å². The third-order valence-corrected chi connectivity index (χ3v) is 5.04. The zero-order chi connectivity index (χ0) is 14.1. The maximum absolute atomic E-state index is 6.00. The molecule has 0 spiro atoms. The lowest BCUT2D eigenvalue weighted by Gasteiger charge is -2.11. The van der Waals surface area contributed by atoms with Crippen LogP contribution in [0.25, 0.3) is 0 Å². The highest BCUT2D eigenvalue weighted by molar-refractivity contribution is 7.12. The van der Waals surface area contributed by atoms with E-state index in [4.69, 9.17) is 16.3 Å². The fourth-order valence-corrected chi connectivity index (χ4v) is 3.71. The van der Waals surface area contributed by atoms with Crippen molar-refractivity contribution in [3.63, 3.8) is 0 Å². The molecule has 1 aromatic carbocycles. The highest BCUT2D eigenvalue weighted by Gasteiger charge is 2.22. The van der Waals surface area contributed by atoms with Crippen LogP contribution >= 0.6 is 22.9 Å². The van der Waals surface area contributed by atoms with E-state index in [1.54, 1.807) is 0 Å². The molecule has 0 aliphatic carbocycles. The Morgan fingerprint density at radius 2 is 2.20 bits per heavy atom. The smallest absolute Gasteiger partial charge is 0.123 e. The van der Waals surface area contributed by atoms with E-state index in [1.165, 1.54) is 20.9 Å². The van der Waals surface area contributed by atoms with Crippen molar-refractivity contribution in [1.82, 2.24) is 5.32 Å². The molecule has 2 nitrogen and oxygen atoms in total. The van der Waals surface area contributed by atoms with Gasteiger partial charge in [-0.3, -0.25) is 0 Å². The lowest BCUT2D eigenvalue weighted by atomic mass is 10.1. The zero-order valence-electron chi connectivity index (χ0n) is 11.7. The number of ether oxygens (including phenoxy) is 1. The number of benzene rings is 1. The largest absolute Gasteiger partial charge is 0.488 e. The molecule has 0 radical (unpaired) electrons. The molecule has 0 bridgehead atoms. The van der Waals surface area contributed by atoms with Crippen LogP contribution in [0.4, 0.5) is 0 Å². The van der Waals surface area contributed by atoms with Crippen molar-refractivity contribution in [2.75, 3.05) is 6.54 Å². The van der Waals surface area contributed by atoms with E-state index in [-0.39, 0.29) is 6.10 Å². The lowest BCUT2D eigenvalue weighted by molar-refractivity contribution is 0.227. The summed E-state index contributed by atoms with van der Waals surface area (Å²) in [6, 6.07) is 8.11. The molecule has 0 saturated carbocycles. The topological polar surface area (TPSA) is 21.3 Å². The van der Waals surface area contributed by atoms with Crippen LogP contribution < -0.4 is 10.1 Å². The highest BCUT2D eigenvalue weighted by atomic mass is 35.5. The van der Waals surface area contributed by atoms with Crippen molar-refractivity contribution in [3.05, 3.63) is 50.2 Å². The first-order chi connectivity index (χ1) is 9.61. The molecule has 2 aromatic rings. The Hall–Kier alpha value is -1.03. The van der Waals surface area contributed by atoms with E-state index in [2.05, 4.69) is 25.2 Å². The molecule has 3 rings (SSSR count). The van der Waals surface area contributed by atoms with Gasteiger partial charge in [0.2, 0.25) is 0 Å². The van der Waals surface area contributed by atoms with Gasteiger partial charge in [0.15, 0.2) is 0 Å². The summed E-state index contributed by atoms with van der Waals surface area (Å²) in [6.07, 6.45) is 1.15. The number of halogens is 1. The highest BCUT2D eigenvalue weighted by Crippen LogP contribution is 2.30. The summed E-state index contributed by atoms with van der Waals surface area (Å²) in [5, 5.41) is 4.27. The minimum atomic E-state index is 0.214. The van der Waals surface area contributed by atoms with Crippen LogP contribution in [0.3, 0.4) is 0 Å². The van der Waals surface area contributed by atoms with E-state index in [9.17, 15) is 0 Å². The number of nitrogens with one attached hydrogen (secondary N) is 1. The summed E-state index contributed by atoms with van der Waals surface area (Å²) in [6.45, 7) is 6.11. The molecule has 2 heterocycles. The number of fused-ring (bicyclic) bond motifs is 1. The summed E-state index contributed by atoms with van der Waals surface area (Å²) >= 11 is 7.87. The van der Waals surface area contributed by atoms with Gasteiger partial charge >= 0.3 is 0 Å². The van der Waals surface area contributed by atoms with E-state index >= 15 is 0 Å². The maximum atomic E-state index is 6.00. The molecule has 0 amide bonds. The van der Waals surface area contributed by atoms with E-state index < -0.39 is 0 Å². The van der Waals surface area contributed by atoms with Gasteiger partial charge in [0.1, 0.15) is 11.9 Å². The third-order valence-electron chi connectivity index (χ3n) is 3.65. The van der Waals surface area contributed by atoms with Gasteiger partial charge in [-0.2, -0.15) is 0 Å². The van der Waals surface area contributed by atoms with Crippen LogP contribution in [0.1, 0.15) is 20.9 Å². The lowest BCUT2D eigenvalue weighted by Crippen LogP contribution is -2.29. The number of aryl methyl sites for hydroxylation is 2. The van der Waals surface area contributed by atoms with Crippen molar-refractivity contribution in [2.24, 2.45) is 0 Å². The standard InChI is InChI=1S/C16H18ClNOS/c1-10-5-15(20-11(10)2)9-18-8-14-7-12-6-13(17)3-4-16(12)19-14/h3-6,14,18H,7-9H2,1-2H3. The van der Waals surface area contributed by atoms with Crippen molar-refractivity contribution >= 4 is 22.9 Å².